The first-order chi connectivity index (χ1) is 13.3. The lowest BCUT2D eigenvalue weighted by molar-refractivity contribution is -0.137. The van der Waals surface area contributed by atoms with Gasteiger partial charge in [-0.15, -0.1) is 0 Å². The summed E-state index contributed by atoms with van der Waals surface area (Å²) in [6.07, 6.45) is -5.20. The third-order valence-electron chi connectivity index (χ3n) is 4.10. The Hall–Kier alpha value is -2.91. The van der Waals surface area contributed by atoms with Crippen LogP contribution in [-0.2, 0) is 15.7 Å². The van der Waals surface area contributed by atoms with Crippen LogP contribution in [0.15, 0.2) is 48.5 Å². The molecule has 3 rings (SSSR count). The van der Waals surface area contributed by atoms with Gasteiger partial charge in [0.15, 0.2) is 0 Å². The van der Waals surface area contributed by atoms with Crippen LogP contribution in [0.4, 0.5) is 24.5 Å². The molecule has 0 spiro atoms. The lowest BCUT2D eigenvalue weighted by atomic mass is 10.1. The molecule has 2 aromatic carbocycles. The number of ether oxygens (including phenoxy) is 1. The van der Waals surface area contributed by atoms with E-state index in [1.165, 1.54) is 24.3 Å². The van der Waals surface area contributed by atoms with Gasteiger partial charge in [0.25, 0.3) is 11.8 Å². The van der Waals surface area contributed by atoms with Crippen molar-refractivity contribution in [3.63, 3.8) is 0 Å². The molecular formula is C19H18F3N3O3. The predicted molar refractivity (Wildman–Crippen MR) is 97.1 cm³/mol. The maximum Gasteiger partial charge on any atom is 0.416 e. The van der Waals surface area contributed by atoms with Gasteiger partial charge >= 0.3 is 6.18 Å². The summed E-state index contributed by atoms with van der Waals surface area (Å²) in [5.41, 5.74) is -0.502. The number of hydrogen-bond acceptors (Lipinski definition) is 4. The van der Waals surface area contributed by atoms with Gasteiger partial charge in [-0.05, 0) is 30.3 Å². The second kappa shape index (κ2) is 8.41. The fraction of sp³-hybridized carbons (Fsp3) is 0.263. The first-order valence-corrected chi connectivity index (χ1v) is 8.55. The van der Waals surface area contributed by atoms with Crippen molar-refractivity contribution in [3.8, 4) is 0 Å². The number of amides is 2. The SMILES string of the molecule is O=C(Nc1cccc(C(F)(F)F)c1)c1ccccc1NC(=O)C1CNCCO1. The fourth-order valence-corrected chi connectivity index (χ4v) is 2.71. The highest BCUT2D eigenvalue weighted by Crippen LogP contribution is 2.31. The molecule has 1 aliphatic heterocycles. The molecule has 2 aromatic rings. The van der Waals surface area contributed by atoms with E-state index in [1.54, 1.807) is 12.1 Å². The van der Waals surface area contributed by atoms with Crippen molar-refractivity contribution in [1.29, 1.82) is 0 Å². The Bertz CT molecular complexity index is 865. The molecule has 1 unspecified atom stereocenters. The number of anilines is 2. The molecule has 2 amide bonds. The van der Waals surface area contributed by atoms with E-state index < -0.39 is 29.7 Å². The number of para-hydroxylation sites is 1. The van der Waals surface area contributed by atoms with Gasteiger partial charge in [0.2, 0.25) is 0 Å². The lowest BCUT2D eigenvalue weighted by Gasteiger charge is -2.23. The molecule has 0 aromatic heterocycles. The number of rotatable bonds is 4. The van der Waals surface area contributed by atoms with Crippen LogP contribution in [0.25, 0.3) is 0 Å². The molecule has 1 fully saturated rings. The smallest absolute Gasteiger partial charge is 0.366 e. The molecule has 9 heteroatoms. The Labute approximate surface area is 159 Å². The number of benzene rings is 2. The summed E-state index contributed by atoms with van der Waals surface area (Å²) in [5, 5.41) is 8.10. The van der Waals surface area contributed by atoms with E-state index >= 15 is 0 Å². The number of halogens is 3. The van der Waals surface area contributed by atoms with Gasteiger partial charge in [0.05, 0.1) is 23.4 Å². The number of morpholine rings is 1. The van der Waals surface area contributed by atoms with Gasteiger partial charge in [0.1, 0.15) is 6.10 Å². The Morgan fingerprint density at radius 1 is 1.07 bits per heavy atom. The maximum absolute atomic E-state index is 12.8. The fourth-order valence-electron chi connectivity index (χ4n) is 2.71. The van der Waals surface area contributed by atoms with E-state index in [-0.39, 0.29) is 16.9 Å². The second-order valence-electron chi connectivity index (χ2n) is 6.13. The van der Waals surface area contributed by atoms with Crippen molar-refractivity contribution in [2.45, 2.75) is 12.3 Å². The maximum atomic E-state index is 12.8. The minimum Gasteiger partial charge on any atom is -0.366 e. The molecule has 28 heavy (non-hydrogen) atoms. The Balaban J connectivity index is 1.75. The number of alkyl halides is 3. The number of nitrogens with one attached hydrogen (secondary N) is 3. The van der Waals surface area contributed by atoms with Crippen LogP contribution < -0.4 is 16.0 Å². The molecule has 0 radical (unpaired) electrons. The zero-order valence-corrected chi connectivity index (χ0v) is 14.7. The van der Waals surface area contributed by atoms with Gasteiger partial charge in [-0.2, -0.15) is 13.2 Å². The van der Waals surface area contributed by atoms with Crippen LogP contribution in [0.3, 0.4) is 0 Å². The lowest BCUT2D eigenvalue weighted by Crippen LogP contribution is -2.45. The van der Waals surface area contributed by atoms with E-state index in [0.717, 1.165) is 12.1 Å². The van der Waals surface area contributed by atoms with Crippen molar-refractivity contribution >= 4 is 23.2 Å². The van der Waals surface area contributed by atoms with Crippen LogP contribution >= 0.6 is 0 Å². The van der Waals surface area contributed by atoms with Gasteiger partial charge < -0.3 is 20.7 Å². The third-order valence-corrected chi connectivity index (χ3v) is 4.10. The van der Waals surface area contributed by atoms with E-state index in [9.17, 15) is 22.8 Å². The van der Waals surface area contributed by atoms with E-state index in [2.05, 4.69) is 16.0 Å². The standard InChI is InChI=1S/C19H18F3N3O3/c20-19(21,22)12-4-3-5-13(10-12)24-17(26)14-6-1-2-7-15(14)25-18(27)16-11-23-8-9-28-16/h1-7,10,16,23H,8-9,11H2,(H,24,26)(H,25,27). The summed E-state index contributed by atoms with van der Waals surface area (Å²) in [7, 11) is 0. The van der Waals surface area contributed by atoms with Crippen molar-refractivity contribution in [2.24, 2.45) is 0 Å². The van der Waals surface area contributed by atoms with Crippen LogP contribution in [0, 0.1) is 0 Å². The van der Waals surface area contributed by atoms with Crippen molar-refractivity contribution in [1.82, 2.24) is 5.32 Å². The Morgan fingerprint density at radius 3 is 2.57 bits per heavy atom. The molecule has 1 atom stereocenters. The number of hydrogen-bond donors (Lipinski definition) is 3. The molecule has 148 valence electrons. The molecule has 1 aliphatic rings. The molecule has 6 nitrogen and oxygen atoms in total. The van der Waals surface area contributed by atoms with Gasteiger partial charge in [-0.25, -0.2) is 0 Å². The summed E-state index contributed by atoms with van der Waals surface area (Å²) in [6, 6.07) is 10.6. The minimum atomic E-state index is -4.51. The molecule has 1 heterocycles. The predicted octanol–water partition coefficient (Wildman–Crippen LogP) is 2.88. The van der Waals surface area contributed by atoms with Gasteiger partial charge in [-0.3, -0.25) is 9.59 Å². The summed E-state index contributed by atoms with van der Waals surface area (Å²) in [4.78, 5) is 24.9. The minimum absolute atomic E-state index is 0.000712. The highest BCUT2D eigenvalue weighted by molar-refractivity contribution is 6.10. The van der Waals surface area contributed by atoms with Crippen LogP contribution in [0.2, 0.25) is 0 Å². The van der Waals surface area contributed by atoms with Crippen LogP contribution in [0.5, 0.6) is 0 Å². The Kier molecular flexibility index (Phi) is 5.96. The van der Waals surface area contributed by atoms with E-state index in [4.69, 9.17) is 4.74 Å². The van der Waals surface area contributed by atoms with Crippen LogP contribution in [0.1, 0.15) is 15.9 Å². The second-order valence-corrected chi connectivity index (χ2v) is 6.13. The zero-order valence-electron chi connectivity index (χ0n) is 14.7. The third kappa shape index (κ3) is 4.87. The molecule has 1 saturated heterocycles. The van der Waals surface area contributed by atoms with Crippen molar-refractivity contribution < 1.29 is 27.5 Å². The van der Waals surface area contributed by atoms with E-state index in [1.807, 2.05) is 0 Å². The van der Waals surface area contributed by atoms with Crippen LogP contribution in [-0.4, -0.2) is 37.6 Å². The first kappa shape index (κ1) is 19.8. The summed E-state index contributed by atoms with van der Waals surface area (Å²) < 4.78 is 43.9. The largest absolute Gasteiger partial charge is 0.416 e. The molecule has 0 aliphatic carbocycles. The average molecular weight is 393 g/mol. The molecule has 0 bridgehead atoms. The monoisotopic (exact) mass is 393 g/mol. The average Bonchev–Trinajstić information content (AvgIpc) is 2.68. The highest BCUT2D eigenvalue weighted by Gasteiger charge is 2.30. The number of carbonyl (C=O) groups excluding carboxylic acids is 2. The molecule has 3 N–H and O–H groups in total. The van der Waals surface area contributed by atoms with Crippen molar-refractivity contribution in [2.75, 3.05) is 30.3 Å². The summed E-state index contributed by atoms with van der Waals surface area (Å²) >= 11 is 0. The normalized spacial score (nSPS) is 17.0. The van der Waals surface area contributed by atoms with E-state index in [0.29, 0.717) is 19.7 Å². The zero-order chi connectivity index (χ0) is 20.1. The summed E-state index contributed by atoms with van der Waals surface area (Å²) in [5.74, 6) is -1.05. The van der Waals surface area contributed by atoms with Gasteiger partial charge in [-0.1, -0.05) is 18.2 Å². The topological polar surface area (TPSA) is 79.5 Å². The first-order valence-electron chi connectivity index (χ1n) is 8.55. The van der Waals surface area contributed by atoms with Crippen molar-refractivity contribution in [3.05, 3.63) is 59.7 Å². The quantitative estimate of drug-likeness (QED) is 0.746. The molecular weight excluding hydrogens is 375 g/mol. The van der Waals surface area contributed by atoms with Gasteiger partial charge in [0, 0.05) is 18.8 Å². The molecule has 0 saturated carbocycles. The summed E-state index contributed by atoms with van der Waals surface area (Å²) in [6.45, 7) is 1.40. The Morgan fingerprint density at radius 2 is 1.86 bits per heavy atom. The number of carbonyl (C=O) groups is 2. The highest BCUT2D eigenvalue weighted by atomic mass is 19.4.